The number of nitrogens with one attached hydrogen (secondary N) is 1. The molecule has 0 atom stereocenters. The van der Waals surface area contributed by atoms with Gasteiger partial charge in [-0.1, -0.05) is 33.8 Å². The van der Waals surface area contributed by atoms with Crippen molar-refractivity contribution in [3.05, 3.63) is 89.5 Å². The summed E-state index contributed by atoms with van der Waals surface area (Å²) in [5.41, 5.74) is 0.685. The maximum Gasteiger partial charge on any atom is 0.416 e. The number of methoxy groups -OCH3 is 1. The zero-order chi connectivity index (χ0) is 29.1. The summed E-state index contributed by atoms with van der Waals surface area (Å²) in [7, 11) is 1.42. The van der Waals surface area contributed by atoms with E-state index in [9.17, 15) is 18.0 Å². The largest absolute Gasteiger partial charge is 0.496 e. The van der Waals surface area contributed by atoms with Gasteiger partial charge >= 0.3 is 6.18 Å². The molecule has 0 aliphatic heterocycles. The lowest BCUT2D eigenvalue weighted by Crippen LogP contribution is -2.17. The first kappa shape index (κ1) is 28.5. The van der Waals surface area contributed by atoms with E-state index >= 15 is 0 Å². The molecule has 0 saturated carbocycles. The van der Waals surface area contributed by atoms with Crippen molar-refractivity contribution < 1.29 is 27.4 Å². The molecule has 4 aromatic rings. The van der Waals surface area contributed by atoms with Gasteiger partial charge in [-0.2, -0.15) is 13.2 Å². The Kier molecular flexibility index (Phi) is 8.08. The van der Waals surface area contributed by atoms with Gasteiger partial charge in [0.25, 0.3) is 5.91 Å². The Morgan fingerprint density at radius 2 is 1.73 bits per heavy atom. The van der Waals surface area contributed by atoms with E-state index < -0.39 is 17.6 Å². The van der Waals surface area contributed by atoms with Crippen molar-refractivity contribution in [2.45, 2.75) is 45.7 Å². The number of aromatic nitrogens is 3. The second kappa shape index (κ2) is 11.3. The zero-order valence-corrected chi connectivity index (χ0v) is 22.8. The first-order valence-electron chi connectivity index (χ1n) is 12.6. The average Bonchev–Trinajstić information content (AvgIpc) is 2.92. The highest BCUT2D eigenvalue weighted by Crippen LogP contribution is 2.37. The van der Waals surface area contributed by atoms with Crippen LogP contribution in [0.5, 0.6) is 17.4 Å². The summed E-state index contributed by atoms with van der Waals surface area (Å²) in [6.45, 7) is 7.88. The van der Waals surface area contributed by atoms with Crippen molar-refractivity contribution in [3.8, 4) is 28.6 Å². The molecule has 10 heteroatoms. The van der Waals surface area contributed by atoms with Gasteiger partial charge in [-0.25, -0.2) is 15.0 Å². The van der Waals surface area contributed by atoms with Gasteiger partial charge in [0.05, 0.1) is 29.5 Å². The third-order valence-electron chi connectivity index (χ3n) is 6.09. The standard InChI is InChI=1S/C30H29F3N4O3/c1-6-26-34-13-11-24(37-26)22-8-7-12-35-28(22)40-21-15-19(30(31,32)33)14-20(17-21)36-27(38)23-16-18(29(2,3)4)9-10-25(23)39-5/h7-17H,6H2,1-5H3,(H,36,38). The molecule has 7 nitrogen and oxygen atoms in total. The highest BCUT2D eigenvalue weighted by molar-refractivity contribution is 6.06. The Morgan fingerprint density at radius 3 is 2.40 bits per heavy atom. The molecule has 0 spiro atoms. The summed E-state index contributed by atoms with van der Waals surface area (Å²) in [5.74, 6) is 0.162. The predicted octanol–water partition coefficient (Wildman–Crippen LogP) is 7.47. The molecule has 40 heavy (non-hydrogen) atoms. The number of halogens is 3. The summed E-state index contributed by atoms with van der Waals surface area (Å²) in [4.78, 5) is 26.1. The van der Waals surface area contributed by atoms with E-state index in [4.69, 9.17) is 9.47 Å². The number of hydrogen-bond acceptors (Lipinski definition) is 6. The van der Waals surface area contributed by atoms with Crippen LogP contribution < -0.4 is 14.8 Å². The van der Waals surface area contributed by atoms with Crippen LogP contribution >= 0.6 is 0 Å². The lowest BCUT2D eigenvalue weighted by atomic mass is 9.86. The summed E-state index contributed by atoms with van der Waals surface area (Å²) in [6, 6.07) is 13.2. The minimum atomic E-state index is -4.70. The Labute approximate surface area is 230 Å². The molecular weight excluding hydrogens is 521 g/mol. The van der Waals surface area contributed by atoms with Crippen molar-refractivity contribution in [1.29, 1.82) is 0 Å². The minimum Gasteiger partial charge on any atom is -0.496 e. The molecule has 0 bridgehead atoms. The van der Waals surface area contributed by atoms with Crippen LogP contribution in [0.2, 0.25) is 0 Å². The number of aryl methyl sites for hydroxylation is 1. The second-order valence-corrected chi connectivity index (χ2v) is 10.0. The maximum atomic E-state index is 13.9. The van der Waals surface area contributed by atoms with Gasteiger partial charge in [-0.15, -0.1) is 0 Å². The molecule has 0 unspecified atom stereocenters. The van der Waals surface area contributed by atoms with Gasteiger partial charge < -0.3 is 14.8 Å². The molecular formula is C30H29F3N4O3. The number of benzene rings is 2. The maximum absolute atomic E-state index is 13.9. The number of pyridine rings is 1. The van der Waals surface area contributed by atoms with E-state index in [0.29, 0.717) is 29.3 Å². The summed E-state index contributed by atoms with van der Waals surface area (Å²) in [5, 5.41) is 2.57. The third-order valence-corrected chi connectivity index (χ3v) is 6.09. The van der Waals surface area contributed by atoms with E-state index in [2.05, 4.69) is 20.3 Å². The number of rotatable bonds is 7. The lowest BCUT2D eigenvalue weighted by molar-refractivity contribution is -0.137. The van der Waals surface area contributed by atoms with Crippen LogP contribution in [-0.2, 0) is 18.0 Å². The Morgan fingerprint density at radius 1 is 0.950 bits per heavy atom. The van der Waals surface area contributed by atoms with Crippen LogP contribution in [-0.4, -0.2) is 28.0 Å². The van der Waals surface area contributed by atoms with Gasteiger partial charge in [-0.05, 0) is 53.4 Å². The van der Waals surface area contributed by atoms with Gasteiger partial charge in [0.2, 0.25) is 5.88 Å². The number of alkyl halides is 3. The van der Waals surface area contributed by atoms with Gasteiger partial charge in [0.1, 0.15) is 17.3 Å². The molecule has 2 heterocycles. The number of nitrogens with zero attached hydrogens (tertiary/aromatic N) is 3. The number of ether oxygens (including phenoxy) is 2. The summed E-state index contributed by atoms with van der Waals surface area (Å²) < 4.78 is 52.8. The van der Waals surface area contributed by atoms with Crippen LogP contribution in [0, 0.1) is 0 Å². The number of carbonyl (C=O) groups excluding carboxylic acids is 1. The summed E-state index contributed by atoms with van der Waals surface area (Å²) in [6.07, 6.45) is -1.03. The number of hydrogen-bond donors (Lipinski definition) is 1. The minimum absolute atomic E-state index is 0.0550. The van der Waals surface area contributed by atoms with Gasteiger partial charge in [-0.3, -0.25) is 4.79 Å². The number of amides is 1. The molecule has 0 aliphatic rings. The fraction of sp³-hybridized carbons (Fsp3) is 0.267. The first-order valence-corrected chi connectivity index (χ1v) is 12.6. The Balaban J connectivity index is 1.72. The Bertz CT molecular complexity index is 1530. The van der Waals surface area contributed by atoms with Gasteiger partial charge in [0, 0.05) is 30.6 Å². The average molecular weight is 551 g/mol. The number of anilines is 1. The fourth-order valence-corrected chi connectivity index (χ4v) is 3.94. The van der Waals surface area contributed by atoms with Crippen molar-refractivity contribution in [1.82, 2.24) is 15.0 Å². The molecule has 0 aliphatic carbocycles. The van der Waals surface area contributed by atoms with Gasteiger partial charge in [0.15, 0.2) is 0 Å². The molecule has 4 rings (SSSR count). The molecule has 0 saturated heterocycles. The van der Waals surface area contributed by atoms with E-state index in [1.165, 1.54) is 19.4 Å². The highest BCUT2D eigenvalue weighted by Gasteiger charge is 2.32. The monoisotopic (exact) mass is 550 g/mol. The molecule has 0 fully saturated rings. The number of carbonyl (C=O) groups is 1. The third kappa shape index (κ3) is 6.56. The van der Waals surface area contributed by atoms with Crippen LogP contribution in [0.4, 0.5) is 18.9 Å². The van der Waals surface area contributed by atoms with E-state index in [-0.39, 0.29) is 28.3 Å². The predicted molar refractivity (Wildman–Crippen MR) is 146 cm³/mol. The zero-order valence-electron chi connectivity index (χ0n) is 22.8. The molecule has 2 aromatic heterocycles. The molecule has 1 amide bonds. The molecule has 0 radical (unpaired) electrons. The van der Waals surface area contributed by atoms with E-state index in [1.54, 1.807) is 36.5 Å². The molecule has 208 valence electrons. The van der Waals surface area contributed by atoms with Crippen molar-refractivity contribution in [2.75, 3.05) is 12.4 Å². The highest BCUT2D eigenvalue weighted by atomic mass is 19.4. The fourth-order valence-electron chi connectivity index (χ4n) is 3.94. The SMILES string of the molecule is CCc1nccc(-c2cccnc2Oc2cc(NC(=O)c3cc(C(C)(C)C)ccc3OC)cc(C(F)(F)F)c2)n1. The Hall–Kier alpha value is -4.47. The van der Waals surface area contributed by atoms with Crippen LogP contribution in [0.15, 0.2) is 67.0 Å². The van der Waals surface area contributed by atoms with E-state index in [1.807, 2.05) is 33.8 Å². The second-order valence-electron chi connectivity index (χ2n) is 10.0. The smallest absolute Gasteiger partial charge is 0.416 e. The van der Waals surface area contributed by atoms with Crippen molar-refractivity contribution >= 4 is 11.6 Å². The summed E-state index contributed by atoms with van der Waals surface area (Å²) >= 11 is 0. The van der Waals surface area contributed by atoms with Crippen LogP contribution in [0.25, 0.3) is 11.3 Å². The van der Waals surface area contributed by atoms with Crippen molar-refractivity contribution in [3.63, 3.8) is 0 Å². The quantitative estimate of drug-likeness (QED) is 0.257. The van der Waals surface area contributed by atoms with Crippen molar-refractivity contribution in [2.24, 2.45) is 0 Å². The topological polar surface area (TPSA) is 86.2 Å². The first-order chi connectivity index (χ1) is 18.9. The van der Waals surface area contributed by atoms with E-state index in [0.717, 1.165) is 17.7 Å². The normalized spacial score (nSPS) is 11.7. The molecule has 2 aromatic carbocycles. The molecule has 1 N–H and O–H groups in total. The van der Waals surface area contributed by atoms with Crippen LogP contribution in [0.1, 0.15) is 55.0 Å². The lowest BCUT2D eigenvalue weighted by Gasteiger charge is -2.21. The van der Waals surface area contributed by atoms with Crippen LogP contribution in [0.3, 0.4) is 0 Å².